The first-order valence-corrected chi connectivity index (χ1v) is 9.59. The molecule has 0 saturated heterocycles. The van der Waals surface area contributed by atoms with Crippen molar-refractivity contribution < 1.29 is 4.79 Å². The average molecular weight is 342 g/mol. The van der Waals surface area contributed by atoms with Gasteiger partial charge < -0.3 is 0 Å². The van der Waals surface area contributed by atoms with Crippen molar-refractivity contribution in [1.82, 2.24) is 5.32 Å². The van der Waals surface area contributed by atoms with Crippen LogP contribution in [0.25, 0.3) is 21.5 Å². The Hall–Kier alpha value is -2.52. The number of carbonyl (C=O) groups is 1. The van der Waals surface area contributed by atoms with Gasteiger partial charge in [-0.05, 0) is 52.6 Å². The van der Waals surface area contributed by atoms with E-state index < -0.39 is 0 Å². The van der Waals surface area contributed by atoms with Gasteiger partial charge in [0, 0.05) is 12.3 Å². The maximum atomic E-state index is 13.3. The Labute approximate surface area is 153 Å². The first kappa shape index (κ1) is 15.7. The zero-order valence-corrected chi connectivity index (χ0v) is 14.7. The molecule has 0 radical (unpaired) electrons. The Bertz CT molecular complexity index is 1030. The summed E-state index contributed by atoms with van der Waals surface area (Å²) < 4.78 is 0. The molecule has 1 aliphatic heterocycles. The third-order valence-corrected chi connectivity index (χ3v) is 5.78. The summed E-state index contributed by atoms with van der Waals surface area (Å²) in [4.78, 5) is 17.9. The first-order valence-electron chi connectivity index (χ1n) is 9.59. The Morgan fingerprint density at radius 3 is 2.46 bits per heavy atom. The van der Waals surface area contributed by atoms with Crippen molar-refractivity contribution in [3.63, 3.8) is 0 Å². The van der Waals surface area contributed by atoms with E-state index >= 15 is 0 Å². The highest BCUT2D eigenvalue weighted by Crippen LogP contribution is 2.34. The van der Waals surface area contributed by atoms with E-state index in [9.17, 15) is 4.79 Å². The first-order chi connectivity index (χ1) is 12.8. The molecule has 1 atom stereocenters. The molecule has 5 rings (SSSR count). The molecule has 1 N–H and O–H groups in total. The fourth-order valence-corrected chi connectivity index (χ4v) is 4.39. The van der Waals surface area contributed by atoms with Crippen molar-refractivity contribution >= 4 is 39.2 Å². The lowest BCUT2D eigenvalue weighted by atomic mass is 9.90. The fourth-order valence-electron chi connectivity index (χ4n) is 4.39. The molecule has 130 valence electrons. The predicted octanol–water partition coefficient (Wildman–Crippen LogP) is 5.18. The number of nitrogens with one attached hydrogen (secondary N) is 1. The Kier molecular flexibility index (Phi) is 3.83. The van der Waals surface area contributed by atoms with Gasteiger partial charge in [0.05, 0.1) is 11.3 Å². The molecule has 0 spiro atoms. The topological polar surface area (TPSA) is 41.5 Å². The smallest absolute Gasteiger partial charge is 0.188 e. The van der Waals surface area contributed by atoms with Crippen molar-refractivity contribution in [3.05, 3.63) is 54.1 Å². The molecular formula is C23H22N2O. The van der Waals surface area contributed by atoms with Crippen LogP contribution in [0.4, 0.5) is 5.69 Å². The molecule has 1 fully saturated rings. The molecule has 0 aromatic heterocycles. The van der Waals surface area contributed by atoms with Crippen LogP contribution >= 0.6 is 0 Å². The van der Waals surface area contributed by atoms with E-state index in [1.165, 1.54) is 24.6 Å². The predicted molar refractivity (Wildman–Crippen MR) is 108 cm³/mol. The summed E-state index contributed by atoms with van der Waals surface area (Å²) in [7, 11) is 0. The lowest BCUT2D eigenvalue weighted by molar-refractivity contribution is 0.0964. The van der Waals surface area contributed by atoms with Crippen LogP contribution in [0, 0.1) is 0 Å². The number of fused-ring (bicyclic) bond motifs is 4. The van der Waals surface area contributed by atoms with Crippen LogP contribution in [0.2, 0.25) is 0 Å². The van der Waals surface area contributed by atoms with E-state index in [4.69, 9.17) is 0 Å². The summed E-state index contributed by atoms with van der Waals surface area (Å²) >= 11 is 0. The number of benzene rings is 3. The van der Waals surface area contributed by atoms with Crippen LogP contribution in [0.15, 0.2) is 53.5 Å². The summed E-state index contributed by atoms with van der Waals surface area (Å²) in [6.45, 7) is 0. The minimum atomic E-state index is -0.303. The largest absolute Gasteiger partial charge is 0.300 e. The highest BCUT2D eigenvalue weighted by atomic mass is 16.1. The summed E-state index contributed by atoms with van der Waals surface area (Å²) in [5.74, 6) is 0.154. The lowest BCUT2D eigenvalue weighted by Crippen LogP contribution is -2.46. The van der Waals surface area contributed by atoms with Gasteiger partial charge in [0.25, 0.3) is 0 Å². The number of ketones is 1. The second kappa shape index (κ2) is 6.33. The molecule has 3 aromatic rings. The highest BCUT2D eigenvalue weighted by Gasteiger charge is 2.29. The molecule has 1 aliphatic carbocycles. The maximum Gasteiger partial charge on any atom is 0.188 e. The second-order valence-electron chi connectivity index (χ2n) is 7.50. The highest BCUT2D eigenvalue weighted by molar-refractivity contribution is 6.22. The van der Waals surface area contributed by atoms with Crippen molar-refractivity contribution in [2.45, 2.75) is 44.2 Å². The third kappa shape index (κ3) is 2.63. The average Bonchev–Trinajstić information content (AvgIpc) is 2.69. The van der Waals surface area contributed by atoms with Crippen molar-refractivity contribution in [2.24, 2.45) is 4.99 Å². The van der Waals surface area contributed by atoms with Gasteiger partial charge >= 0.3 is 0 Å². The molecule has 3 heteroatoms. The number of hydrogen-bond acceptors (Lipinski definition) is 3. The Morgan fingerprint density at radius 1 is 0.885 bits per heavy atom. The summed E-state index contributed by atoms with van der Waals surface area (Å²) in [6.07, 6.45) is 7.93. The van der Waals surface area contributed by atoms with Gasteiger partial charge in [0.1, 0.15) is 6.04 Å². The molecule has 2 aliphatic rings. The van der Waals surface area contributed by atoms with Crippen molar-refractivity contribution in [1.29, 1.82) is 0 Å². The third-order valence-electron chi connectivity index (χ3n) is 5.78. The minimum absolute atomic E-state index is 0.154. The number of hydrogen-bond donors (Lipinski definition) is 1. The molecule has 3 aromatic carbocycles. The number of nitrogens with zero attached hydrogens (tertiary/aromatic N) is 1. The van der Waals surface area contributed by atoms with Crippen LogP contribution in [-0.2, 0) is 0 Å². The standard InChI is InChI=1S/C23H22N2O/c26-23-21(25-18-8-2-1-3-9-18)14-24-20-11-10-17-12-15-6-4-5-7-16(15)13-19(17)22(20)23/h4-7,10-14,18,21,25H,1-3,8-9H2. The summed E-state index contributed by atoms with van der Waals surface area (Å²) in [5.41, 5.74) is 1.56. The Balaban J connectivity index is 1.58. The minimum Gasteiger partial charge on any atom is -0.300 e. The van der Waals surface area contributed by atoms with Crippen molar-refractivity contribution in [3.8, 4) is 0 Å². The van der Waals surface area contributed by atoms with E-state index in [2.05, 4.69) is 40.6 Å². The van der Waals surface area contributed by atoms with E-state index in [-0.39, 0.29) is 11.8 Å². The van der Waals surface area contributed by atoms with Gasteiger partial charge in [-0.25, -0.2) is 0 Å². The number of Topliss-reactive ketones (excluding diaryl/α,β-unsaturated/α-hetero) is 1. The SMILES string of the molecule is O=C1c2c(ccc3cc4ccccc4cc23)N=CC1NC1CCCCC1. The van der Waals surface area contributed by atoms with Gasteiger partial charge in [-0.2, -0.15) is 0 Å². The van der Waals surface area contributed by atoms with Crippen LogP contribution in [0.3, 0.4) is 0 Å². The zero-order valence-electron chi connectivity index (χ0n) is 14.7. The van der Waals surface area contributed by atoms with Gasteiger partial charge in [0.15, 0.2) is 5.78 Å². The van der Waals surface area contributed by atoms with E-state index in [0.717, 1.165) is 40.3 Å². The van der Waals surface area contributed by atoms with E-state index in [0.29, 0.717) is 6.04 Å². The molecule has 26 heavy (non-hydrogen) atoms. The van der Waals surface area contributed by atoms with Gasteiger partial charge in [0.2, 0.25) is 0 Å². The molecule has 1 saturated carbocycles. The van der Waals surface area contributed by atoms with Crippen LogP contribution in [-0.4, -0.2) is 24.1 Å². The van der Waals surface area contributed by atoms with Crippen LogP contribution < -0.4 is 5.32 Å². The van der Waals surface area contributed by atoms with Gasteiger partial charge in [-0.15, -0.1) is 0 Å². The molecule has 0 amide bonds. The van der Waals surface area contributed by atoms with E-state index in [1.54, 1.807) is 6.21 Å². The number of aliphatic imine (C=N–C) groups is 1. The zero-order chi connectivity index (χ0) is 17.5. The normalized spacial score (nSPS) is 20.6. The summed E-state index contributed by atoms with van der Waals surface area (Å²) in [6, 6.07) is 16.8. The summed E-state index contributed by atoms with van der Waals surface area (Å²) in [5, 5.41) is 8.02. The molecule has 0 bridgehead atoms. The molecule has 1 heterocycles. The second-order valence-corrected chi connectivity index (χ2v) is 7.50. The van der Waals surface area contributed by atoms with Gasteiger partial charge in [-0.1, -0.05) is 49.6 Å². The van der Waals surface area contributed by atoms with Crippen molar-refractivity contribution in [2.75, 3.05) is 0 Å². The number of carbonyl (C=O) groups excluding carboxylic acids is 1. The lowest BCUT2D eigenvalue weighted by Gasteiger charge is -2.28. The monoisotopic (exact) mass is 342 g/mol. The Morgan fingerprint density at radius 2 is 1.65 bits per heavy atom. The van der Waals surface area contributed by atoms with Crippen LogP contribution in [0.5, 0.6) is 0 Å². The number of rotatable bonds is 2. The van der Waals surface area contributed by atoms with Crippen LogP contribution in [0.1, 0.15) is 42.5 Å². The quantitative estimate of drug-likeness (QED) is 0.652. The molecule has 1 unspecified atom stereocenters. The maximum absolute atomic E-state index is 13.3. The fraction of sp³-hybridized carbons (Fsp3) is 0.304. The van der Waals surface area contributed by atoms with E-state index in [1.807, 2.05) is 18.2 Å². The van der Waals surface area contributed by atoms with Gasteiger partial charge in [-0.3, -0.25) is 15.1 Å². The molecule has 3 nitrogen and oxygen atoms in total. The molecular weight excluding hydrogens is 320 g/mol.